The van der Waals surface area contributed by atoms with Crippen LogP contribution in [-0.2, 0) is 14.3 Å². The highest BCUT2D eigenvalue weighted by molar-refractivity contribution is 5.85. The summed E-state index contributed by atoms with van der Waals surface area (Å²) in [7, 11) is 1.82. The van der Waals surface area contributed by atoms with Crippen molar-refractivity contribution in [2.75, 3.05) is 7.11 Å². The van der Waals surface area contributed by atoms with E-state index in [1.165, 1.54) is 44.9 Å². The predicted octanol–water partition coefficient (Wildman–Crippen LogP) is 7.81. The highest BCUT2D eigenvalue weighted by Gasteiger charge is 2.70. The van der Waals surface area contributed by atoms with Gasteiger partial charge in [-0.05, 0) is 105 Å². The van der Waals surface area contributed by atoms with Crippen molar-refractivity contribution in [1.29, 1.82) is 0 Å². The molecule has 4 aliphatic carbocycles. The van der Waals surface area contributed by atoms with E-state index in [0.29, 0.717) is 33.9 Å². The van der Waals surface area contributed by atoms with Crippen LogP contribution in [0, 0.1) is 50.7 Å². The van der Waals surface area contributed by atoms with Crippen molar-refractivity contribution in [2.24, 2.45) is 50.7 Å². The van der Waals surface area contributed by atoms with Gasteiger partial charge in [-0.3, -0.25) is 4.79 Å². The number of carbonyl (C=O) groups excluding carboxylic acids is 1. The maximum atomic E-state index is 12.9. The first-order valence-corrected chi connectivity index (χ1v) is 14.4. The molecule has 0 N–H and O–H groups in total. The minimum absolute atomic E-state index is 0.0812. The van der Waals surface area contributed by atoms with E-state index < -0.39 is 0 Å². The molecule has 194 valence electrons. The molecule has 34 heavy (non-hydrogen) atoms. The second-order valence-electron chi connectivity index (χ2n) is 15.4. The van der Waals surface area contributed by atoms with E-state index in [-0.39, 0.29) is 22.7 Å². The Morgan fingerprint density at radius 1 is 0.735 bits per heavy atom. The van der Waals surface area contributed by atoms with Crippen LogP contribution >= 0.6 is 0 Å². The van der Waals surface area contributed by atoms with E-state index in [1.54, 1.807) is 0 Å². The van der Waals surface area contributed by atoms with Crippen molar-refractivity contribution >= 4 is 5.78 Å². The van der Waals surface area contributed by atoms with E-state index >= 15 is 0 Å². The van der Waals surface area contributed by atoms with Gasteiger partial charge in [0.1, 0.15) is 5.78 Å². The molecule has 2 unspecified atom stereocenters. The van der Waals surface area contributed by atoms with Crippen LogP contribution in [0.25, 0.3) is 0 Å². The summed E-state index contributed by atoms with van der Waals surface area (Å²) in [5.41, 5.74) is 0.863. The van der Waals surface area contributed by atoms with Crippen LogP contribution in [-0.4, -0.2) is 24.8 Å². The van der Waals surface area contributed by atoms with E-state index in [9.17, 15) is 4.79 Å². The molecular weight excluding hydrogens is 420 g/mol. The van der Waals surface area contributed by atoms with Crippen LogP contribution in [0.15, 0.2) is 0 Å². The summed E-state index contributed by atoms with van der Waals surface area (Å²) in [6, 6.07) is 0. The Kier molecular flexibility index (Phi) is 5.61. The van der Waals surface area contributed by atoms with Crippen LogP contribution in [0.5, 0.6) is 0 Å². The molecule has 0 spiro atoms. The average Bonchev–Trinajstić information content (AvgIpc) is 3.12. The SMILES string of the molecule is COC1O[C@](C)([C@H]2CC[C@]3(C)[C@@H]2CC[C@@H]2[C@@]4(C)CCC(=O)C(C)(C)C4CC[C@]23C)CCC1(C)C. The molecule has 0 aromatic rings. The Hall–Kier alpha value is -0.410. The summed E-state index contributed by atoms with van der Waals surface area (Å²) < 4.78 is 12.7. The van der Waals surface area contributed by atoms with Crippen molar-refractivity contribution in [3.8, 4) is 0 Å². The summed E-state index contributed by atoms with van der Waals surface area (Å²) in [6.07, 6.45) is 11.9. The number of hydrogen-bond acceptors (Lipinski definition) is 3. The normalized spacial score (nSPS) is 54.1. The Labute approximate surface area is 209 Å². The van der Waals surface area contributed by atoms with Gasteiger partial charge in [-0.2, -0.15) is 0 Å². The zero-order valence-electron chi connectivity index (χ0n) is 23.7. The summed E-state index contributed by atoms with van der Waals surface area (Å²) >= 11 is 0. The van der Waals surface area contributed by atoms with E-state index in [1.807, 2.05) is 7.11 Å². The lowest BCUT2D eigenvalue weighted by atomic mass is 9.35. The van der Waals surface area contributed by atoms with Crippen LogP contribution in [0.3, 0.4) is 0 Å². The molecule has 4 saturated carbocycles. The van der Waals surface area contributed by atoms with Crippen molar-refractivity contribution in [3.05, 3.63) is 0 Å². The molecule has 1 heterocycles. The smallest absolute Gasteiger partial charge is 0.162 e. The molecular formula is C31H52O3. The number of methoxy groups -OCH3 is 1. The summed E-state index contributed by atoms with van der Waals surface area (Å²) in [5, 5.41) is 0. The second kappa shape index (κ2) is 7.56. The second-order valence-corrected chi connectivity index (χ2v) is 15.4. The predicted molar refractivity (Wildman–Crippen MR) is 137 cm³/mol. The molecule has 3 heteroatoms. The van der Waals surface area contributed by atoms with Crippen molar-refractivity contribution in [1.82, 2.24) is 0 Å². The molecule has 0 aromatic heterocycles. The van der Waals surface area contributed by atoms with Gasteiger partial charge in [0.25, 0.3) is 0 Å². The molecule has 3 nitrogen and oxygen atoms in total. The maximum Gasteiger partial charge on any atom is 0.162 e. The number of ether oxygens (including phenoxy) is 2. The monoisotopic (exact) mass is 472 g/mol. The molecule has 9 atom stereocenters. The molecule has 5 aliphatic rings. The first-order chi connectivity index (χ1) is 15.7. The van der Waals surface area contributed by atoms with Gasteiger partial charge in [0, 0.05) is 24.4 Å². The zero-order valence-corrected chi connectivity index (χ0v) is 23.7. The molecule has 0 bridgehead atoms. The molecule has 0 amide bonds. The Balaban J connectivity index is 1.45. The van der Waals surface area contributed by atoms with Gasteiger partial charge in [0.2, 0.25) is 0 Å². The lowest BCUT2D eigenvalue weighted by molar-refractivity contribution is -0.291. The fraction of sp³-hybridized carbons (Fsp3) is 0.968. The van der Waals surface area contributed by atoms with E-state index in [2.05, 4.69) is 55.4 Å². The molecule has 1 saturated heterocycles. The fourth-order valence-electron chi connectivity index (χ4n) is 11.1. The zero-order chi connectivity index (χ0) is 24.9. The number of carbonyl (C=O) groups is 1. The van der Waals surface area contributed by atoms with Crippen LogP contribution in [0.1, 0.15) is 120 Å². The van der Waals surface area contributed by atoms with E-state index in [0.717, 1.165) is 31.1 Å². The summed E-state index contributed by atoms with van der Waals surface area (Å²) in [6.45, 7) is 19.4. The fourth-order valence-corrected chi connectivity index (χ4v) is 11.1. The Morgan fingerprint density at radius 3 is 2.09 bits per heavy atom. The highest BCUT2D eigenvalue weighted by Crippen LogP contribution is 2.75. The third kappa shape index (κ3) is 3.10. The summed E-state index contributed by atoms with van der Waals surface area (Å²) in [5.74, 6) is 3.14. The Morgan fingerprint density at radius 2 is 1.41 bits per heavy atom. The third-order valence-corrected chi connectivity index (χ3v) is 13.4. The first kappa shape index (κ1) is 25.2. The largest absolute Gasteiger partial charge is 0.355 e. The van der Waals surface area contributed by atoms with Crippen LogP contribution in [0.2, 0.25) is 0 Å². The van der Waals surface area contributed by atoms with Crippen molar-refractivity contribution in [3.63, 3.8) is 0 Å². The topological polar surface area (TPSA) is 35.5 Å². The molecule has 5 fully saturated rings. The minimum Gasteiger partial charge on any atom is -0.355 e. The molecule has 5 rings (SSSR count). The molecule has 1 aliphatic heterocycles. The lowest BCUT2D eigenvalue weighted by Crippen LogP contribution is -2.64. The molecule has 0 radical (unpaired) electrons. The van der Waals surface area contributed by atoms with Gasteiger partial charge in [-0.15, -0.1) is 0 Å². The van der Waals surface area contributed by atoms with Gasteiger partial charge < -0.3 is 9.47 Å². The lowest BCUT2D eigenvalue weighted by Gasteiger charge is -2.69. The number of rotatable bonds is 2. The average molecular weight is 473 g/mol. The number of fused-ring (bicyclic) bond motifs is 5. The third-order valence-electron chi connectivity index (χ3n) is 13.4. The highest BCUT2D eigenvalue weighted by atomic mass is 16.7. The maximum absolute atomic E-state index is 12.9. The van der Waals surface area contributed by atoms with Crippen molar-refractivity contribution < 1.29 is 14.3 Å². The summed E-state index contributed by atoms with van der Waals surface area (Å²) in [4.78, 5) is 12.9. The number of hydrogen-bond donors (Lipinski definition) is 0. The quantitative estimate of drug-likeness (QED) is 0.411. The van der Waals surface area contributed by atoms with Crippen molar-refractivity contribution in [2.45, 2.75) is 131 Å². The van der Waals surface area contributed by atoms with E-state index in [4.69, 9.17) is 9.47 Å². The van der Waals surface area contributed by atoms with Gasteiger partial charge in [0.15, 0.2) is 6.29 Å². The van der Waals surface area contributed by atoms with Gasteiger partial charge in [0.05, 0.1) is 5.60 Å². The number of Topliss-reactive ketones (excluding diaryl/α,β-unsaturated/α-hetero) is 1. The van der Waals surface area contributed by atoms with Crippen LogP contribution < -0.4 is 0 Å². The minimum atomic E-state index is -0.157. The van der Waals surface area contributed by atoms with Crippen LogP contribution in [0.4, 0.5) is 0 Å². The van der Waals surface area contributed by atoms with Gasteiger partial charge >= 0.3 is 0 Å². The number of ketones is 1. The van der Waals surface area contributed by atoms with Gasteiger partial charge in [-0.25, -0.2) is 0 Å². The first-order valence-electron chi connectivity index (χ1n) is 14.4. The van der Waals surface area contributed by atoms with Gasteiger partial charge in [-0.1, -0.05) is 48.5 Å². The Bertz CT molecular complexity index is 846. The standard InChI is InChI=1S/C31H52O3/c1-26(2)18-19-31(8,34-25(26)33-9)21-12-16-29(6)20(21)10-11-23-28(5)15-14-24(32)27(3,4)22(28)13-17-30(23,29)7/h20-23,25H,10-19H2,1-9H3/t20-,21+,22?,23-,25?,28+,29-,30-,31+/m1/s1. The molecule has 0 aromatic carbocycles.